The number of hydrogen-bond donors (Lipinski definition) is 0. The number of aryl methyl sites for hydroxylation is 1. The van der Waals surface area contributed by atoms with Gasteiger partial charge in [0.05, 0.1) is 17.6 Å². The van der Waals surface area contributed by atoms with Gasteiger partial charge in [-0.15, -0.1) is 0 Å². The van der Waals surface area contributed by atoms with Crippen LogP contribution in [0.1, 0.15) is 124 Å². The fraction of sp³-hybridized carbons (Fsp3) is 0.674. The highest BCUT2D eigenvalue weighted by Crippen LogP contribution is 2.60. The van der Waals surface area contributed by atoms with Crippen molar-refractivity contribution in [2.24, 2.45) is 23.2 Å². The molecule has 4 aliphatic carbocycles. The quantitative estimate of drug-likeness (QED) is 0.178. The minimum atomic E-state index is -2.00. The highest BCUT2D eigenvalue weighted by Gasteiger charge is 2.52. The Morgan fingerprint density at radius 3 is 2.12 bits per heavy atom. The SMILES string of the molecule is C=C1C(=CC=C2CCC[C@]3(C)[C@@H]([C@H](C)C=CC(=O)C4(c5ccc(C)cc5)CC4)CC[C@@H]23)C[C@@H](O[Si](C)(C)C(C)(C)C)C[C@@H]1O[Si](C)(C)C(C)(C)C. The van der Waals surface area contributed by atoms with E-state index in [0.717, 1.165) is 31.3 Å². The van der Waals surface area contributed by atoms with Crippen LogP contribution >= 0.6 is 0 Å². The van der Waals surface area contributed by atoms with Crippen molar-refractivity contribution in [1.29, 1.82) is 0 Å². The maximum absolute atomic E-state index is 13.6. The van der Waals surface area contributed by atoms with Gasteiger partial charge in [0.25, 0.3) is 0 Å². The van der Waals surface area contributed by atoms with Gasteiger partial charge in [0.1, 0.15) is 0 Å². The molecule has 282 valence electrons. The molecular weight excluding hydrogens is 657 g/mol. The monoisotopic (exact) mass is 729 g/mol. The highest BCUT2D eigenvalue weighted by atomic mass is 28.4. The summed E-state index contributed by atoms with van der Waals surface area (Å²) in [5.74, 6) is 1.87. The van der Waals surface area contributed by atoms with Crippen LogP contribution in [0.2, 0.25) is 36.3 Å². The van der Waals surface area contributed by atoms with Gasteiger partial charge in [0, 0.05) is 6.42 Å². The Kier molecular flexibility index (Phi) is 11.4. The summed E-state index contributed by atoms with van der Waals surface area (Å²) in [5.41, 5.74) is 6.51. The minimum absolute atomic E-state index is 0.00248. The summed E-state index contributed by atoms with van der Waals surface area (Å²) in [4.78, 5) is 13.6. The molecule has 0 bridgehead atoms. The molecule has 0 amide bonds. The lowest BCUT2D eigenvalue weighted by Gasteiger charge is -2.45. The van der Waals surface area contributed by atoms with Crippen LogP contribution in [0.25, 0.3) is 0 Å². The third-order valence-electron chi connectivity index (χ3n) is 14.8. The summed E-state index contributed by atoms with van der Waals surface area (Å²) in [6.45, 7) is 35.2. The summed E-state index contributed by atoms with van der Waals surface area (Å²) in [6.07, 6.45) is 19.2. The van der Waals surface area contributed by atoms with Crippen molar-refractivity contribution in [2.75, 3.05) is 0 Å². The Bertz CT molecular complexity index is 1540. The first-order valence-electron chi connectivity index (χ1n) is 20.2. The van der Waals surface area contributed by atoms with E-state index in [-0.39, 0.29) is 33.1 Å². The first-order chi connectivity index (χ1) is 23.5. The maximum atomic E-state index is 13.6. The topological polar surface area (TPSA) is 35.5 Å². The van der Waals surface area contributed by atoms with Crippen LogP contribution < -0.4 is 0 Å². The summed E-state index contributed by atoms with van der Waals surface area (Å²) < 4.78 is 14.2. The summed E-state index contributed by atoms with van der Waals surface area (Å²) in [7, 11) is -3.96. The Morgan fingerprint density at radius 1 is 0.922 bits per heavy atom. The molecule has 1 aromatic rings. The summed E-state index contributed by atoms with van der Waals surface area (Å²) in [6, 6.07) is 8.62. The molecule has 6 atom stereocenters. The van der Waals surface area contributed by atoms with Crippen molar-refractivity contribution in [3.8, 4) is 0 Å². The van der Waals surface area contributed by atoms with Gasteiger partial charge in [-0.1, -0.05) is 116 Å². The third-order valence-corrected chi connectivity index (χ3v) is 23.8. The van der Waals surface area contributed by atoms with Gasteiger partial charge in [0.15, 0.2) is 22.4 Å². The highest BCUT2D eigenvalue weighted by molar-refractivity contribution is 6.74. The van der Waals surface area contributed by atoms with Crippen molar-refractivity contribution in [1.82, 2.24) is 0 Å². The zero-order chi connectivity index (χ0) is 37.8. The van der Waals surface area contributed by atoms with Crippen molar-refractivity contribution < 1.29 is 13.6 Å². The number of benzene rings is 1. The van der Waals surface area contributed by atoms with Crippen LogP contribution in [0.4, 0.5) is 0 Å². The molecule has 4 fully saturated rings. The second-order valence-corrected chi connectivity index (χ2v) is 29.9. The lowest BCUT2D eigenvalue weighted by Crippen LogP contribution is -2.49. The summed E-state index contributed by atoms with van der Waals surface area (Å²) in [5, 5.41) is 0.298. The molecule has 4 saturated carbocycles. The molecule has 5 rings (SSSR count). The average Bonchev–Trinajstić information content (AvgIpc) is 3.75. The second kappa shape index (κ2) is 14.5. The molecule has 0 heterocycles. The van der Waals surface area contributed by atoms with E-state index in [1.54, 1.807) is 5.57 Å². The number of allylic oxidation sites excluding steroid dienone is 5. The second-order valence-electron chi connectivity index (χ2n) is 20.4. The molecule has 5 heteroatoms. The van der Waals surface area contributed by atoms with E-state index in [9.17, 15) is 4.79 Å². The van der Waals surface area contributed by atoms with Crippen molar-refractivity contribution in [2.45, 2.75) is 174 Å². The van der Waals surface area contributed by atoms with Gasteiger partial charge in [-0.2, -0.15) is 0 Å². The molecule has 51 heavy (non-hydrogen) atoms. The molecule has 0 aromatic heterocycles. The Hall–Kier alpha value is -1.80. The normalized spacial score (nSPS) is 31.0. The zero-order valence-electron chi connectivity index (χ0n) is 34.8. The fourth-order valence-electron chi connectivity index (χ4n) is 9.12. The van der Waals surface area contributed by atoms with Crippen LogP contribution in [-0.2, 0) is 19.1 Å². The Morgan fingerprint density at radius 2 is 1.53 bits per heavy atom. The van der Waals surface area contributed by atoms with Gasteiger partial charge >= 0.3 is 0 Å². The largest absolute Gasteiger partial charge is 0.413 e. The van der Waals surface area contributed by atoms with Crippen LogP contribution in [0.3, 0.4) is 0 Å². The lowest BCUT2D eigenvalue weighted by molar-refractivity contribution is -0.116. The molecule has 1 aromatic carbocycles. The van der Waals surface area contributed by atoms with E-state index in [2.05, 4.69) is 131 Å². The number of carbonyl (C=O) groups excluding carboxylic acids is 1. The van der Waals surface area contributed by atoms with E-state index in [1.165, 1.54) is 48.8 Å². The van der Waals surface area contributed by atoms with Crippen LogP contribution in [0, 0.1) is 30.1 Å². The van der Waals surface area contributed by atoms with Crippen LogP contribution in [0.5, 0.6) is 0 Å². The fourth-order valence-corrected chi connectivity index (χ4v) is 11.8. The van der Waals surface area contributed by atoms with Gasteiger partial charge < -0.3 is 8.85 Å². The van der Waals surface area contributed by atoms with Crippen molar-refractivity contribution in [3.63, 3.8) is 0 Å². The lowest BCUT2D eigenvalue weighted by atomic mass is 9.61. The number of ketones is 1. The van der Waals surface area contributed by atoms with E-state index in [0.29, 0.717) is 23.5 Å². The molecule has 4 aliphatic rings. The first-order valence-corrected chi connectivity index (χ1v) is 26.1. The Balaban J connectivity index is 1.34. The zero-order valence-corrected chi connectivity index (χ0v) is 36.8. The molecule has 0 N–H and O–H groups in total. The smallest absolute Gasteiger partial charge is 0.192 e. The molecule has 0 radical (unpaired) electrons. The summed E-state index contributed by atoms with van der Waals surface area (Å²) >= 11 is 0. The standard InChI is InChI=1S/C46H72O3Si2/c1-32-17-22-37(23-18-32)46(28-29-46)42(47)26-19-33(2)39-24-25-40-35(16-15-27-45(39,40)10)20-21-36-30-38(48-50(11,12)43(4,5)6)31-41(34(36)3)49-51(13,14)44(7,8)9/h17-23,26,33,38-41H,3,15-16,24-25,27-31H2,1-2,4-14H3/t33-,38-,39-,40+,41+,45-/m1/s1. The van der Waals surface area contributed by atoms with E-state index in [1.807, 2.05) is 6.08 Å². The Labute approximate surface area is 315 Å². The molecule has 0 aliphatic heterocycles. The minimum Gasteiger partial charge on any atom is -0.413 e. The predicted octanol–water partition coefficient (Wildman–Crippen LogP) is 13.0. The van der Waals surface area contributed by atoms with E-state index < -0.39 is 16.6 Å². The number of carbonyl (C=O) groups is 1. The number of fused-ring (bicyclic) bond motifs is 1. The maximum Gasteiger partial charge on any atom is 0.192 e. The number of hydrogen-bond acceptors (Lipinski definition) is 3. The number of rotatable bonds is 10. The van der Waals surface area contributed by atoms with Crippen LogP contribution in [0.15, 0.2) is 71.9 Å². The van der Waals surface area contributed by atoms with E-state index >= 15 is 0 Å². The van der Waals surface area contributed by atoms with Crippen molar-refractivity contribution >= 4 is 22.4 Å². The molecular formula is C46H72O3Si2. The van der Waals surface area contributed by atoms with Gasteiger partial charge in [-0.25, -0.2) is 0 Å². The van der Waals surface area contributed by atoms with E-state index in [4.69, 9.17) is 15.4 Å². The average molecular weight is 729 g/mol. The first kappa shape index (κ1) is 40.4. The molecule has 3 nitrogen and oxygen atoms in total. The molecule has 0 spiro atoms. The van der Waals surface area contributed by atoms with Gasteiger partial charge in [0.2, 0.25) is 0 Å². The third kappa shape index (κ3) is 8.32. The predicted molar refractivity (Wildman–Crippen MR) is 222 cm³/mol. The molecule has 0 unspecified atom stereocenters. The van der Waals surface area contributed by atoms with Crippen LogP contribution in [-0.4, -0.2) is 34.6 Å². The van der Waals surface area contributed by atoms with Gasteiger partial charge in [-0.05, 0) is 141 Å². The van der Waals surface area contributed by atoms with Gasteiger partial charge in [-0.3, -0.25) is 4.79 Å². The molecule has 0 saturated heterocycles. The van der Waals surface area contributed by atoms with Crippen molar-refractivity contribution in [3.05, 3.63) is 83.0 Å².